The minimum Gasteiger partial charge on any atom is -0.454 e. The van der Waals surface area contributed by atoms with Crippen LogP contribution in [0.4, 0.5) is 0 Å². The highest BCUT2D eigenvalue weighted by atomic mass is 35.5. The number of aldehydes is 1. The molecule has 1 aliphatic heterocycles. The van der Waals surface area contributed by atoms with Crippen LogP contribution in [0.5, 0.6) is 11.5 Å². The summed E-state index contributed by atoms with van der Waals surface area (Å²) in [5, 5.41) is -0.305. The molecule has 0 amide bonds. The van der Waals surface area contributed by atoms with Crippen LogP contribution in [-0.4, -0.2) is 26.7 Å². The maximum Gasteiger partial charge on any atom is 0.231 e. The maximum absolute atomic E-state index is 12.8. The third-order valence-corrected chi connectivity index (χ3v) is 6.95. The molecule has 4 rings (SSSR count). The summed E-state index contributed by atoms with van der Waals surface area (Å²) in [4.78, 5) is 11.6. The van der Waals surface area contributed by atoms with Crippen LogP contribution < -0.4 is 9.47 Å². The Kier molecular flexibility index (Phi) is 3.54. The van der Waals surface area contributed by atoms with Gasteiger partial charge in [0, 0.05) is 16.9 Å². The van der Waals surface area contributed by atoms with E-state index in [9.17, 15) is 13.2 Å². The Balaban J connectivity index is 1.68. The second-order valence-electron chi connectivity index (χ2n) is 5.82. The zero-order valence-electron chi connectivity index (χ0n) is 12.4. The molecule has 0 saturated heterocycles. The lowest BCUT2D eigenvalue weighted by Gasteiger charge is -2.05. The number of fused-ring (bicyclic) bond motifs is 1. The highest BCUT2D eigenvalue weighted by Gasteiger charge is 2.59. The summed E-state index contributed by atoms with van der Waals surface area (Å²) in [6, 6.07) is 11.3. The third kappa shape index (κ3) is 2.37. The lowest BCUT2D eigenvalue weighted by Crippen LogP contribution is -2.11. The molecule has 3 atom stereocenters. The van der Waals surface area contributed by atoms with E-state index in [2.05, 4.69) is 0 Å². The predicted octanol–water partition coefficient (Wildman–Crippen LogP) is 2.82. The second-order valence-corrected chi connectivity index (χ2v) is 8.36. The van der Waals surface area contributed by atoms with E-state index in [4.69, 9.17) is 21.1 Å². The Morgan fingerprint density at radius 1 is 1.04 bits per heavy atom. The molecule has 124 valence electrons. The fraction of sp³-hybridized carbons (Fsp3) is 0.235. The summed E-state index contributed by atoms with van der Waals surface area (Å²) in [5.74, 6) is 0.259. The Labute approximate surface area is 144 Å². The number of carbonyl (C=O) groups excluding carboxylic acids is 1. The molecule has 2 aliphatic rings. The molecular formula is C17H13ClO5S. The van der Waals surface area contributed by atoms with Crippen LogP contribution in [0.3, 0.4) is 0 Å². The van der Waals surface area contributed by atoms with Crippen LogP contribution >= 0.6 is 11.6 Å². The maximum atomic E-state index is 12.8. The third-order valence-electron chi connectivity index (χ3n) is 4.45. The van der Waals surface area contributed by atoms with Crippen LogP contribution in [0.2, 0.25) is 5.02 Å². The Morgan fingerprint density at radius 2 is 1.75 bits per heavy atom. The van der Waals surface area contributed by atoms with Crippen molar-refractivity contribution in [2.75, 3.05) is 6.79 Å². The largest absolute Gasteiger partial charge is 0.454 e. The van der Waals surface area contributed by atoms with Gasteiger partial charge in [-0.3, -0.25) is 0 Å². The molecule has 24 heavy (non-hydrogen) atoms. The van der Waals surface area contributed by atoms with E-state index in [0.717, 1.165) is 5.56 Å². The average molecular weight is 365 g/mol. The van der Waals surface area contributed by atoms with Crippen LogP contribution in [-0.2, 0) is 14.6 Å². The summed E-state index contributed by atoms with van der Waals surface area (Å²) >= 11 is 5.81. The average Bonchev–Trinajstić information content (AvgIpc) is 3.15. The number of halogens is 1. The van der Waals surface area contributed by atoms with Gasteiger partial charge in [0.05, 0.1) is 10.1 Å². The van der Waals surface area contributed by atoms with Gasteiger partial charge in [-0.15, -0.1) is 0 Å². The van der Waals surface area contributed by atoms with Crippen molar-refractivity contribution in [2.45, 2.75) is 16.1 Å². The molecular weight excluding hydrogens is 352 g/mol. The SMILES string of the molecule is O=C[C@@H]1[C@@H](c2ccc3c(c2)OCO3)[C@@H]1S(=O)(=O)c1ccc(Cl)cc1. The van der Waals surface area contributed by atoms with Crippen molar-refractivity contribution < 1.29 is 22.7 Å². The highest BCUT2D eigenvalue weighted by molar-refractivity contribution is 7.92. The Bertz CT molecular complexity index is 907. The topological polar surface area (TPSA) is 69.7 Å². The second kappa shape index (κ2) is 5.50. The summed E-state index contributed by atoms with van der Waals surface area (Å²) < 4.78 is 36.3. The first-order valence-corrected chi connectivity index (χ1v) is 9.29. The van der Waals surface area contributed by atoms with Crippen molar-refractivity contribution in [1.82, 2.24) is 0 Å². The molecule has 2 aromatic carbocycles. The van der Waals surface area contributed by atoms with Crippen molar-refractivity contribution in [3.8, 4) is 11.5 Å². The van der Waals surface area contributed by atoms with Gasteiger partial charge in [0.15, 0.2) is 21.3 Å². The van der Waals surface area contributed by atoms with E-state index >= 15 is 0 Å². The number of carbonyl (C=O) groups is 1. The minimum absolute atomic E-state index is 0.146. The first-order valence-electron chi connectivity index (χ1n) is 7.36. The van der Waals surface area contributed by atoms with Crippen molar-refractivity contribution in [3.05, 3.63) is 53.1 Å². The van der Waals surface area contributed by atoms with Crippen molar-refractivity contribution in [1.29, 1.82) is 0 Å². The summed E-state index contributed by atoms with van der Waals surface area (Å²) in [6.07, 6.45) is 0.716. The molecule has 0 unspecified atom stereocenters. The molecule has 1 saturated carbocycles. The highest BCUT2D eigenvalue weighted by Crippen LogP contribution is 2.54. The molecule has 5 nitrogen and oxygen atoms in total. The number of hydrogen-bond donors (Lipinski definition) is 0. The van der Waals surface area contributed by atoms with Crippen LogP contribution in [0.15, 0.2) is 47.4 Å². The fourth-order valence-electron chi connectivity index (χ4n) is 3.18. The number of benzene rings is 2. The van der Waals surface area contributed by atoms with E-state index in [1.54, 1.807) is 18.2 Å². The van der Waals surface area contributed by atoms with Gasteiger partial charge in [-0.2, -0.15) is 0 Å². The van der Waals surface area contributed by atoms with E-state index < -0.39 is 21.0 Å². The molecule has 2 aromatic rings. The first-order chi connectivity index (χ1) is 11.5. The molecule has 0 radical (unpaired) electrons. The van der Waals surface area contributed by atoms with Crippen LogP contribution in [0.1, 0.15) is 11.5 Å². The molecule has 0 N–H and O–H groups in total. The minimum atomic E-state index is -3.62. The summed E-state index contributed by atoms with van der Waals surface area (Å²) in [6.45, 7) is 0.146. The van der Waals surface area contributed by atoms with Crippen molar-refractivity contribution >= 4 is 27.7 Å². The molecule has 1 aliphatic carbocycles. The number of hydrogen-bond acceptors (Lipinski definition) is 5. The fourth-order valence-corrected chi connectivity index (χ4v) is 5.42. The van der Waals surface area contributed by atoms with Gasteiger partial charge in [0.2, 0.25) is 6.79 Å². The van der Waals surface area contributed by atoms with Gasteiger partial charge in [0.25, 0.3) is 0 Å². The van der Waals surface area contributed by atoms with Gasteiger partial charge in [-0.05, 0) is 42.0 Å². The van der Waals surface area contributed by atoms with Crippen LogP contribution in [0.25, 0.3) is 0 Å². The lowest BCUT2D eigenvalue weighted by atomic mass is 10.1. The molecule has 0 aromatic heterocycles. The van der Waals surface area contributed by atoms with Crippen LogP contribution in [0, 0.1) is 5.92 Å². The van der Waals surface area contributed by atoms with E-state index in [-0.39, 0.29) is 17.6 Å². The van der Waals surface area contributed by atoms with Gasteiger partial charge in [0.1, 0.15) is 6.29 Å². The summed E-state index contributed by atoms with van der Waals surface area (Å²) in [7, 11) is -3.62. The van der Waals surface area contributed by atoms with E-state index in [1.807, 2.05) is 0 Å². The predicted molar refractivity (Wildman–Crippen MR) is 87.3 cm³/mol. The number of rotatable bonds is 4. The van der Waals surface area contributed by atoms with E-state index in [0.29, 0.717) is 22.8 Å². The summed E-state index contributed by atoms with van der Waals surface area (Å²) in [5.41, 5.74) is 0.763. The van der Waals surface area contributed by atoms with Crippen molar-refractivity contribution in [2.24, 2.45) is 5.92 Å². The number of ether oxygens (including phenoxy) is 2. The monoisotopic (exact) mass is 364 g/mol. The molecule has 7 heteroatoms. The zero-order chi connectivity index (χ0) is 16.9. The lowest BCUT2D eigenvalue weighted by molar-refractivity contribution is -0.108. The zero-order valence-corrected chi connectivity index (χ0v) is 14.0. The Morgan fingerprint density at radius 3 is 2.46 bits per heavy atom. The molecule has 1 heterocycles. The molecule has 0 spiro atoms. The van der Waals surface area contributed by atoms with Crippen molar-refractivity contribution in [3.63, 3.8) is 0 Å². The van der Waals surface area contributed by atoms with E-state index in [1.165, 1.54) is 24.3 Å². The number of sulfone groups is 1. The van der Waals surface area contributed by atoms with Gasteiger partial charge >= 0.3 is 0 Å². The quantitative estimate of drug-likeness (QED) is 0.780. The Hall–Kier alpha value is -2.05. The molecule has 1 fully saturated rings. The van der Waals surface area contributed by atoms with Gasteiger partial charge < -0.3 is 14.3 Å². The van der Waals surface area contributed by atoms with Gasteiger partial charge in [-0.1, -0.05) is 17.7 Å². The standard InChI is InChI=1S/C17H13ClO5S/c18-11-2-4-12(5-3-11)24(20,21)17-13(8-19)16(17)10-1-6-14-15(7-10)23-9-22-14/h1-8,13,16-17H,9H2/t13-,16-,17-/m1/s1. The van der Waals surface area contributed by atoms with Gasteiger partial charge in [-0.25, -0.2) is 8.42 Å². The smallest absolute Gasteiger partial charge is 0.231 e. The first kappa shape index (κ1) is 15.5. The normalized spacial score (nSPS) is 24.6. The molecule has 0 bridgehead atoms.